The quantitative estimate of drug-likeness (QED) is 0.776. The third-order valence-electron chi connectivity index (χ3n) is 5.63. The van der Waals surface area contributed by atoms with Crippen molar-refractivity contribution < 1.29 is 17.9 Å². The minimum absolute atomic E-state index is 0.320. The van der Waals surface area contributed by atoms with Gasteiger partial charge in [-0.15, -0.1) is 0 Å². The molecule has 0 N–H and O–H groups in total. The molecule has 1 aromatic rings. The van der Waals surface area contributed by atoms with Gasteiger partial charge in [0.05, 0.1) is 10.5 Å². The van der Waals surface area contributed by atoms with Crippen LogP contribution in [0.4, 0.5) is 0 Å². The van der Waals surface area contributed by atoms with Crippen molar-refractivity contribution in [3.63, 3.8) is 0 Å². The van der Waals surface area contributed by atoms with Gasteiger partial charge in [0.2, 0.25) is 6.79 Å². The van der Waals surface area contributed by atoms with Crippen LogP contribution in [0.15, 0.2) is 18.2 Å². The second-order valence-corrected chi connectivity index (χ2v) is 11.3. The van der Waals surface area contributed by atoms with Gasteiger partial charge >= 0.3 is 0 Å². The molecular formula is C20H30O4S. The summed E-state index contributed by atoms with van der Waals surface area (Å²) >= 11 is 0. The van der Waals surface area contributed by atoms with Crippen LogP contribution in [-0.2, 0) is 16.3 Å². The summed E-state index contributed by atoms with van der Waals surface area (Å²) in [7, 11) is -3.00. The molecule has 140 valence electrons. The summed E-state index contributed by atoms with van der Waals surface area (Å²) in [6, 6.07) is 6.20. The van der Waals surface area contributed by atoms with Crippen molar-refractivity contribution in [1.29, 1.82) is 0 Å². The summed E-state index contributed by atoms with van der Waals surface area (Å²) in [5.41, 5.74) is 1.29. The summed E-state index contributed by atoms with van der Waals surface area (Å²) in [4.78, 5) is 0. The molecule has 0 bridgehead atoms. The molecule has 1 aliphatic carbocycles. The molecule has 1 heterocycles. The molecule has 4 nitrogen and oxygen atoms in total. The Hall–Kier alpha value is -1.23. The number of hydrogen-bond donors (Lipinski definition) is 0. The Labute approximate surface area is 151 Å². The molecule has 2 aliphatic rings. The lowest BCUT2D eigenvalue weighted by Crippen LogP contribution is -2.34. The van der Waals surface area contributed by atoms with Gasteiger partial charge in [0.1, 0.15) is 0 Å². The zero-order valence-corrected chi connectivity index (χ0v) is 16.4. The van der Waals surface area contributed by atoms with Crippen molar-refractivity contribution in [1.82, 2.24) is 0 Å². The molecule has 0 atom stereocenters. The Morgan fingerprint density at radius 2 is 1.64 bits per heavy atom. The maximum absolute atomic E-state index is 12.4. The predicted molar refractivity (Wildman–Crippen MR) is 99.9 cm³/mol. The van der Waals surface area contributed by atoms with E-state index >= 15 is 0 Å². The summed E-state index contributed by atoms with van der Waals surface area (Å²) in [6.45, 7) is 5.73. The average Bonchev–Trinajstić information content (AvgIpc) is 3.00. The van der Waals surface area contributed by atoms with Gasteiger partial charge in [-0.25, -0.2) is 8.42 Å². The normalized spacial score (nSPS) is 23.6. The Bertz CT molecular complexity index is 695. The van der Waals surface area contributed by atoms with Gasteiger partial charge in [-0.3, -0.25) is 0 Å². The van der Waals surface area contributed by atoms with Crippen molar-refractivity contribution in [2.75, 3.05) is 12.5 Å². The minimum Gasteiger partial charge on any atom is -0.454 e. The molecule has 0 radical (unpaired) electrons. The van der Waals surface area contributed by atoms with E-state index in [4.69, 9.17) is 9.47 Å². The number of sulfone groups is 1. The van der Waals surface area contributed by atoms with Crippen LogP contribution in [0.1, 0.15) is 58.4 Å². The standard InChI is InChI=1S/C20H30O4S/c1-20(2,3)25(21,22)13-17-8-5-15(6-9-17)4-7-16-10-11-18-19(12-16)24-14-23-18/h10-12,15,17H,4-9,13-14H2,1-3H3. The highest BCUT2D eigenvalue weighted by atomic mass is 32.2. The third-order valence-corrected chi connectivity index (χ3v) is 8.41. The molecule has 0 aromatic heterocycles. The van der Waals surface area contributed by atoms with Crippen LogP contribution in [-0.4, -0.2) is 25.7 Å². The molecule has 1 fully saturated rings. The maximum Gasteiger partial charge on any atom is 0.231 e. The Kier molecular flexibility index (Phi) is 5.33. The Balaban J connectivity index is 1.45. The molecule has 5 heteroatoms. The highest BCUT2D eigenvalue weighted by Crippen LogP contribution is 2.36. The molecule has 0 unspecified atom stereocenters. The summed E-state index contributed by atoms with van der Waals surface area (Å²) in [5, 5.41) is 0. The largest absolute Gasteiger partial charge is 0.454 e. The summed E-state index contributed by atoms with van der Waals surface area (Å²) in [5.74, 6) is 3.09. The van der Waals surface area contributed by atoms with E-state index in [1.54, 1.807) is 20.8 Å². The van der Waals surface area contributed by atoms with Crippen LogP contribution in [0.2, 0.25) is 0 Å². The van der Waals surface area contributed by atoms with Crippen molar-refractivity contribution in [2.45, 2.75) is 64.0 Å². The van der Waals surface area contributed by atoms with Crippen LogP contribution in [0, 0.1) is 11.8 Å². The number of rotatable bonds is 5. The van der Waals surface area contributed by atoms with Crippen molar-refractivity contribution >= 4 is 9.84 Å². The SMILES string of the molecule is CC(C)(C)S(=O)(=O)CC1CCC(CCc2ccc3c(c2)OCO3)CC1. The topological polar surface area (TPSA) is 52.6 Å². The van der Waals surface area contributed by atoms with Gasteiger partial charge in [-0.2, -0.15) is 0 Å². The fraction of sp³-hybridized carbons (Fsp3) is 0.700. The Morgan fingerprint density at radius 1 is 1.00 bits per heavy atom. The third kappa shape index (κ3) is 4.49. The van der Waals surface area contributed by atoms with Crippen LogP contribution < -0.4 is 9.47 Å². The lowest BCUT2D eigenvalue weighted by Gasteiger charge is -2.30. The number of fused-ring (bicyclic) bond motifs is 1. The Morgan fingerprint density at radius 3 is 2.32 bits per heavy atom. The molecule has 1 aliphatic heterocycles. The molecular weight excluding hydrogens is 336 g/mol. The van der Waals surface area contributed by atoms with Crippen LogP contribution in [0.3, 0.4) is 0 Å². The van der Waals surface area contributed by atoms with E-state index in [1.807, 2.05) is 6.07 Å². The van der Waals surface area contributed by atoms with Crippen LogP contribution in [0.25, 0.3) is 0 Å². The van der Waals surface area contributed by atoms with Crippen LogP contribution >= 0.6 is 0 Å². The molecule has 0 saturated heterocycles. The van der Waals surface area contributed by atoms with Gasteiger partial charge in [0.15, 0.2) is 21.3 Å². The zero-order valence-electron chi connectivity index (χ0n) is 15.6. The van der Waals surface area contributed by atoms with Gasteiger partial charge in [-0.1, -0.05) is 18.9 Å². The fourth-order valence-electron chi connectivity index (χ4n) is 3.71. The van der Waals surface area contributed by atoms with E-state index in [0.717, 1.165) is 43.6 Å². The van der Waals surface area contributed by atoms with Crippen molar-refractivity contribution in [3.8, 4) is 11.5 Å². The van der Waals surface area contributed by atoms with E-state index in [2.05, 4.69) is 12.1 Å². The minimum atomic E-state index is -3.00. The van der Waals surface area contributed by atoms with E-state index in [0.29, 0.717) is 24.4 Å². The smallest absolute Gasteiger partial charge is 0.231 e. The lowest BCUT2D eigenvalue weighted by atomic mass is 9.80. The molecule has 0 spiro atoms. The highest BCUT2D eigenvalue weighted by Gasteiger charge is 2.33. The molecule has 3 rings (SSSR count). The summed E-state index contributed by atoms with van der Waals surface area (Å²) in [6.07, 6.45) is 6.59. The molecule has 0 amide bonds. The number of aryl methyl sites for hydroxylation is 1. The van der Waals surface area contributed by atoms with Crippen LogP contribution in [0.5, 0.6) is 11.5 Å². The van der Waals surface area contributed by atoms with Gasteiger partial charge in [0.25, 0.3) is 0 Å². The predicted octanol–water partition coefficient (Wildman–Crippen LogP) is 4.37. The molecule has 1 saturated carbocycles. The first-order valence-electron chi connectivity index (χ1n) is 9.35. The average molecular weight is 367 g/mol. The highest BCUT2D eigenvalue weighted by molar-refractivity contribution is 7.92. The summed E-state index contributed by atoms with van der Waals surface area (Å²) < 4.78 is 34.9. The monoisotopic (exact) mass is 366 g/mol. The molecule has 25 heavy (non-hydrogen) atoms. The molecule has 1 aromatic carbocycles. The van der Waals surface area contributed by atoms with Crippen molar-refractivity contribution in [3.05, 3.63) is 23.8 Å². The first-order chi connectivity index (χ1) is 11.7. The van der Waals surface area contributed by atoms with Gasteiger partial charge in [-0.05, 0) is 76.0 Å². The first kappa shape index (κ1) is 18.6. The second-order valence-electron chi connectivity index (χ2n) is 8.51. The number of ether oxygens (including phenoxy) is 2. The van der Waals surface area contributed by atoms with E-state index in [-0.39, 0.29) is 0 Å². The number of benzene rings is 1. The van der Waals surface area contributed by atoms with Gasteiger partial charge < -0.3 is 9.47 Å². The van der Waals surface area contributed by atoms with E-state index < -0.39 is 14.6 Å². The fourth-order valence-corrected chi connectivity index (χ4v) is 5.17. The maximum atomic E-state index is 12.4. The lowest BCUT2D eigenvalue weighted by molar-refractivity contribution is 0.174. The van der Waals surface area contributed by atoms with E-state index in [1.165, 1.54) is 12.0 Å². The first-order valence-corrected chi connectivity index (χ1v) is 11.0. The van der Waals surface area contributed by atoms with Gasteiger partial charge in [0, 0.05) is 0 Å². The second kappa shape index (κ2) is 7.18. The van der Waals surface area contributed by atoms with E-state index in [9.17, 15) is 8.42 Å². The zero-order chi connectivity index (χ0) is 18.1. The number of hydrogen-bond acceptors (Lipinski definition) is 4. The van der Waals surface area contributed by atoms with Crippen molar-refractivity contribution in [2.24, 2.45) is 11.8 Å².